The van der Waals surface area contributed by atoms with Gasteiger partial charge in [-0.2, -0.15) is 0 Å². The van der Waals surface area contributed by atoms with Gasteiger partial charge in [0.2, 0.25) is 5.91 Å². The second-order valence-electron chi connectivity index (χ2n) is 9.20. The largest absolute Gasteiger partial charge is 0.487 e. The minimum absolute atomic E-state index is 0.0223. The lowest BCUT2D eigenvalue weighted by atomic mass is 10.1. The first-order valence-corrected chi connectivity index (χ1v) is 13.0. The van der Waals surface area contributed by atoms with Crippen LogP contribution in [0.1, 0.15) is 16.7 Å². The summed E-state index contributed by atoms with van der Waals surface area (Å²) in [6.07, 6.45) is 0. The summed E-state index contributed by atoms with van der Waals surface area (Å²) in [4.78, 5) is 28.1. The lowest BCUT2D eigenvalue weighted by Gasteiger charge is -2.32. The van der Waals surface area contributed by atoms with Crippen LogP contribution in [0.5, 0.6) is 5.75 Å². The summed E-state index contributed by atoms with van der Waals surface area (Å²) in [5.74, 6) is 0.207. The number of carbonyl (C=O) groups is 2. The number of nitrogens with zero attached hydrogens (tertiary/aromatic N) is 3. The van der Waals surface area contributed by atoms with E-state index in [1.165, 1.54) is 11.1 Å². The Bertz CT molecular complexity index is 1210. The maximum absolute atomic E-state index is 13.5. The number of benzene rings is 3. The van der Waals surface area contributed by atoms with Gasteiger partial charge in [-0.15, -0.1) is 0 Å². The third-order valence-corrected chi connectivity index (χ3v) is 6.70. The lowest BCUT2D eigenvalue weighted by molar-refractivity contribution is -0.145. The van der Waals surface area contributed by atoms with Crippen molar-refractivity contribution in [2.24, 2.45) is 0 Å². The molecule has 200 valence electrons. The standard InChI is InChI=1S/C29H34ClN5O3/c1-31-14-15-32-28(36)19-34(20-29(37)33(2)35-17-23-10-6-7-11-24(23)18-35)26-16-25(30)12-13-27(26)38-21-22-8-4-3-5-9-22/h3-13,16,31H,14-15,17-21H2,1-2H3,(H,32,36). The van der Waals surface area contributed by atoms with Crippen molar-refractivity contribution >= 4 is 29.1 Å². The van der Waals surface area contributed by atoms with Crippen LogP contribution in [-0.2, 0) is 29.3 Å². The molecule has 0 fully saturated rings. The number of rotatable bonds is 12. The maximum Gasteiger partial charge on any atom is 0.256 e. The van der Waals surface area contributed by atoms with E-state index >= 15 is 0 Å². The van der Waals surface area contributed by atoms with Crippen LogP contribution >= 0.6 is 11.6 Å². The highest BCUT2D eigenvalue weighted by Crippen LogP contribution is 2.32. The summed E-state index contributed by atoms with van der Waals surface area (Å²) in [5.41, 5.74) is 4.01. The Hall–Kier alpha value is -3.59. The number of hydrazine groups is 1. The van der Waals surface area contributed by atoms with Crippen LogP contribution in [0.3, 0.4) is 0 Å². The molecule has 0 bridgehead atoms. The molecule has 0 atom stereocenters. The molecule has 0 radical (unpaired) electrons. The van der Waals surface area contributed by atoms with E-state index < -0.39 is 0 Å². The van der Waals surface area contributed by atoms with Crippen molar-refractivity contribution < 1.29 is 14.3 Å². The molecule has 0 unspecified atom stereocenters. The summed E-state index contributed by atoms with van der Waals surface area (Å²) in [6, 6.07) is 23.3. The molecule has 2 N–H and O–H groups in total. The molecule has 0 saturated heterocycles. The van der Waals surface area contributed by atoms with E-state index in [-0.39, 0.29) is 24.9 Å². The number of likely N-dealkylation sites (N-methyl/N-ethyl adjacent to an activating group) is 2. The number of ether oxygens (including phenoxy) is 1. The number of nitrogens with one attached hydrogen (secondary N) is 2. The molecule has 0 saturated carbocycles. The van der Waals surface area contributed by atoms with Crippen molar-refractivity contribution in [1.29, 1.82) is 0 Å². The molecule has 1 heterocycles. The van der Waals surface area contributed by atoms with E-state index in [2.05, 4.69) is 22.8 Å². The van der Waals surface area contributed by atoms with Crippen LogP contribution in [0, 0.1) is 0 Å². The van der Waals surface area contributed by atoms with Crippen LogP contribution < -0.4 is 20.3 Å². The van der Waals surface area contributed by atoms with Crippen molar-refractivity contribution in [2.45, 2.75) is 19.7 Å². The summed E-state index contributed by atoms with van der Waals surface area (Å²) < 4.78 is 6.15. The van der Waals surface area contributed by atoms with Crippen molar-refractivity contribution in [2.75, 3.05) is 45.2 Å². The van der Waals surface area contributed by atoms with E-state index in [0.717, 1.165) is 5.56 Å². The average Bonchev–Trinajstić information content (AvgIpc) is 3.36. The Kier molecular flexibility index (Phi) is 9.59. The monoisotopic (exact) mass is 535 g/mol. The van der Waals surface area contributed by atoms with Gasteiger partial charge in [-0.05, 0) is 41.9 Å². The van der Waals surface area contributed by atoms with Gasteiger partial charge < -0.3 is 20.3 Å². The van der Waals surface area contributed by atoms with Gasteiger partial charge in [0.15, 0.2) is 0 Å². The van der Waals surface area contributed by atoms with Crippen LogP contribution in [0.4, 0.5) is 5.69 Å². The number of halogens is 1. The van der Waals surface area contributed by atoms with E-state index in [9.17, 15) is 9.59 Å². The van der Waals surface area contributed by atoms with Crippen LogP contribution in [-0.4, -0.2) is 62.1 Å². The molecule has 2 amide bonds. The van der Waals surface area contributed by atoms with Crippen LogP contribution in [0.2, 0.25) is 5.02 Å². The Labute approximate surface area is 229 Å². The fraction of sp³-hybridized carbons (Fsp3) is 0.310. The highest BCUT2D eigenvalue weighted by Gasteiger charge is 2.27. The number of anilines is 1. The third kappa shape index (κ3) is 7.25. The minimum Gasteiger partial charge on any atom is -0.487 e. The molecule has 0 aliphatic carbocycles. The zero-order valence-corrected chi connectivity index (χ0v) is 22.6. The van der Waals surface area contributed by atoms with Crippen molar-refractivity contribution in [3.8, 4) is 5.75 Å². The fourth-order valence-corrected chi connectivity index (χ4v) is 4.49. The number of amides is 2. The number of hydrogen-bond donors (Lipinski definition) is 2. The van der Waals surface area contributed by atoms with Gasteiger partial charge in [0.1, 0.15) is 12.4 Å². The van der Waals surface area contributed by atoms with E-state index in [1.54, 1.807) is 35.2 Å². The quantitative estimate of drug-likeness (QED) is 0.346. The molecule has 4 rings (SSSR count). The number of fused-ring (bicyclic) bond motifs is 1. The second kappa shape index (κ2) is 13.3. The summed E-state index contributed by atoms with van der Waals surface area (Å²) in [5, 5.41) is 10.0. The summed E-state index contributed by atoms with van der Waals surface area (Å²) >= 11 is 6.38. The minimum atomic E-state index is -0.196. The molecule has 0 aromatic heterocycles. The first-order chi connectivity index (χ1) is 18.4. The molecular weight excluding hydrogens is 502 g/mol. The van der Waals surface area contributed by atoms with Gasteiger partial charge >= 0.3 is 0 Å². The molecule has 8 nitrogen and oxygen atoms in total. The number of carbonyl (C=O) groups excluding carboxylic acids is 2. The topological polar surface area (TPSA) is 77.1 Å². The van der Waals surface area contributed by atoms with Gasteiger partial charge in [0, 0.05) is 38.2 Å². The van der Waals surface area contributed by atoms with Crippen molar-refractivity contribution in [3.05, 3.63) is 94.5 Å². The molecule has 38 heavy (non-hydrogen) atoms. The van der Waals surface area contributed by atoms with Crippen LogP contribution in [0.25, 0.3) is 0 Å². The van der Waals surface area contributed by atoms with E-state index in [4.69, 9.17) is 16.3 Å². The first kappa shape index (κ1) is 27.4. The third-order valence-electron chi connectivity index (χ3n) is 6.47. The van der Waals surface area contributed by atoms with Gasteiger partial charge in [-0.1, -0.05) is 66.2 Å². The summed E-state index contributed by atoms with van der Waals surface area (Å²) in [6.45, 7) is 2.74. The molecular formula is C29H34ClN5O3. The molecule has 0 spiro atoms. The number of hydrogen-bond acceptors (Lipinski definition) is 6. The Balaban J connectivity index is 1.53. The predicted molar refractivity (Wildman–Crippen MR) is 150 cm³/mol. The fourth-order valence-electron chi connectivity index (χ4n) is 4.33. The Morgan fingerprint density at radius 2 is 1.63 bits per heavy atom. The van der Waals surface area contributed by atoms with E-state index in [0.29, 0.717) is 49.2 Å². The average molecular weight is 536 g/mol. The Morgan fingerprint density at radius 3 is 2.32 bits per heavy atom. The second-order valence-corrected chi connectivity index (χ2v) is 9.64. The van der Waals surface area contributed by atoms with Gasteiger partial charge in [0.05, 0.1) is 18.8 Å². The van der Waals surface area contributed by atoms with Gasteiger partial charge in [0.25, 0.3) is 5.91 Å². The zero-order chi connectivity index (χ0) is 26.9. The van der Waals surface area contributed by atoms with Crippen molar-refractivity contribution in [1.82, 2.24) is 20.7 Å². The summed E-state index contributed by atoms with van der Waals surface area (Å²) in [7, 11) is 3.59. The first-order valence-electron chi connectivity index (χ1n) is 12.7. The predicted octanol–water partition coefficient (Wildman–Crippen LogP) is 3.45. The maximum atomic E-state index is 13.5. The SMILES string of the molecule is CNCCNC(=O)CN(CC(=O)N(C)N1Cc2ccccc2C1)c1cc(Cl)ccc1OCc1ccccc1. The zero-order valence-electron chi connectivity index (χ0n) is 21.8. The smallest absolute Gasteiger partial charge is 0.256 e. The molecule has 1 aliphatic rings. The van der Waals surface area contributed by atoms with E-state index in [1.807, 2.05) is 54.5 Å². The van der Waals surface area contributed by atoms with Crippen molar-refractivity contribution in [3.63, 3.8) is 0 Å². The van der Waals surface area contributed by atoms with Gasteiger partial charge in [-0.3, -0.25) is 14.6 Å². The van der Waals surface area contributed by atoms with Gasteiger partial charge in [-0.25, -0.2) is 5.01 Å². The molecule has 3 aromatic carbocycles. The highest BCUT2D eigenvalue weighted by atomic mass is 35.5. The molecule has 3 aromatic rings. The lowest BCUT2D eigenvalue weighted by Crippen LogP contribution is -2.48. The normalized spacial score (nSPS) is 12.6. The Morgan fingerprint density at radius 1 is 0.947 bits per heavy atom. The molecule has 9 heteroatoms. The van der Waals surface area contributed by atoms with Crippen LogP contribution in [0.15, 0.2) is 72.8 Å². The molecule has 1 aliphatic heterocycles. The highest BCUT2D eigenvalue weighted by molar-refractivity contribution is 6.31.